The molecule has 3 nitrogen and oxygen atoms in total. The highest BCUT2D eigenvalue weighted by Crippen LogP contribution is 2.15. The molecular formula is C13H13ClN2OS. The molecule has 1 N–H and O–H groups in total. The van der Waals surface area contributed by atoms with E-state index in [1.165, 1.54) is 11.8 Å². The first kappa shape index (κ1) is 13.2. The predicted molar refractivity (Wildman–Crippen MR) is 75.6 cm³/mol. The van der Waals surface area contributed by atoms with E-state index in [1.807, 2.05) is 37.4 Å². The molecule has 0 unspecified atom stereocenters. The van der Waals surface area contributed by atoms with Crippen molar-refractivity contribution in [2.24, 2.45) is 0 Å². The Morgan fingerprint density at radius 2 is 2.22 bits per heavy atom. The number of thioether (sulfide) groups is 1. The van der Waals surface area contributed by atoms with E-state index in [4.69, 9.17) is 11.6 Å². The van der Waals surface area contributed by atoms with E-state index in [-0.39, 0.29) is 5.56 Å². The summed E-state index contributed by atoms with van der Waals surface area (Å²) >= 11 is 7.36. The molecule has 0 aliphatic carbocycles. The molecule has 1 heterocycles. The van der Waals surface area contributed by atoms with Crippen molar-refractivity contribution in [1.82, 2.24) is 9.97 Å². The Hall–Kier alpha value is -1.26. The summed E-state index contributed by atoms with van der Waals surface area (Å²) in [5.74, 6) is 0. The van der Waals surface area contributed by atoms with Gasteiger partial charge in [0.1, 0.15) is 0 Å². The lowest BCUT2D eigenvalue weighted by Gasteiger charge is -2.06. The van der Waals surface area contributed by atoms with Gasteiger partial charge in [-0.25, -0.2) is 4.98 Å². The van der Waals surface area contributed by atoms with Crippen LogP contribution in [0.3, 0.4) is 0 Å². The SMILES string of the molecule is CSc1nc(C)c(Cc2cccc(Cl)c2)c(=O)[nH]1. The molecule has 5 heteroatoms. The van der Waals surface area contributed by atoms with Crippen LogP contribution in [0.25, 0.3) is 0 Å². The molecule has 2 aromatic rings. The van der Waals surface area contributed by atoms with E-state index < -0.39 is 0 Å². The van der Waals surface area contributed by atoms with Gasteiger partial charge in [-0.2, -0.15) is 0 Å². The molecule has 0 aliphatic heterocycles. The van der Waals surface area contributed by atoms with Gasteiger partial charge in [0.2, 0.25) is 0 Å². The molecule has 0 saturated carbocycles. The van der Waals surface area contributed by atoms with Crippen LogP contribution in [-0.4, -0.2) is 16.2 Å². The van der Waals surface area contributed by atoms with Crippen molar-refractivity contribution in [2.45, 2.75) is 18.5 Å². The number of aryl methyl sites for hydroxylation is 1. The summed E-state index contributed by atoms with van der Waals surface area (Å²) in [5.41, 5.74) is 2.39. The van der Waals surface area contributed by atoms with Gasteiger partial charge < -0.3 is 4.98 Å². The molecule has 0 radical (unpaired) electrons. The third-order valence-electron chi connectivity index (χ3n) is 2.66. The van der Waals surface area contributed by atoms with Crippen LogP contribution in [0.4, 0.5) is 0 Å². The Kier molecular flexibility index (Phi) is 4.09. The van der Waals surface area contributed by atoms with Gasteiger partial charge in [0, 0.05) is 22.7 Å². The van der Waals surface area contributed by atoms with Crippen LogP contribution in [0, 0.1) is 6.92 Å². The number of hydrogen-bond acceptors (Lipinski definition) is 3. The highest BCUT2D eigenvalue weighted by Gasteiger charge is 2.08. The van der Waals surface area contributed by atoms with Crippen LogP contribution in [0.5, 0.6) is 0 Å². The first-order valence-corrected chi connectivity index (χ1v) is 7.08. The average Bonchev–Trinajstić information content (AvgIpc) is 2.33. The first-order chi connectivity index (χ1) is 8.60. The van der Waals surface area contributed by atoms with E-state index in [2.05, 4.69) is 9.97 Å². The number of hydrogen-bond donors (Lipinski definition) is 1. The Morgan fingerprint density at radius 1 is 1.44 bits per heavy atom. The third-order valence-corrected chi connectivity index (χ3v) is 3.48. The van der Waals surface area contributed by atoms with Gasteiger partial charge in [0.15, 0.2) is 5.16 Å². The maximum atomic E-state index is 12.0. The van der Waals surface area contributed by atoms with Gasteiger partial charge in [-0.3, -0.25) is 4.79 Å². The van der Waals surface area contributed by atoms with Crippen molar-refractivity contribution in [2.75, 3.05) is 6.26 Å². The smallest absolute Gasteiger partial charge is 0.255 e. The molecule has 18 heavy (non-hydrogen) atoms. The van der Waals surface area contributed by atoms with E-state index in [1.54, 1.807) is 0 Å². The Morgan fingerprint density at radius 3 is 2.83 bits per heavy atom. The van der Waals surface area contributed by atoms with E-state index in [0.29, 0.717) is 22.2 Å². The maximum Gasteiger partial charge on any atom is 0.255 e. The summed E-state index contributed by atoms with van der Waals surface area (Å²) in [6.45, 7) is 1.86. The van der Waals surface area contributed by atoms with Crippen LogP contribution in [0.1, 0.15) is 16.8 Å². The lowest BCUT2D eigenvalue weighted by molar-refractivity contribution is 0.868. The second-order valence-electron chi connectivity index (χ2n) is 3.95. The molecule has 0 aliphatic rings. The van der Waals surface area contributed by atoms with Gasteiger partial charge in [-0.15, -0.1) is 0 Å². The van der Waals surface area contributed by atoms with E-state index in [0.717, 1.165) is 11.3 Å². The lowest BCUT2D eigenvalue weighted by Crippen LogP contribution is -2.17. The molecule has 0 fully saturated rings. The standard InChI is InChI=1S/C13H13ClN2OS/c1-8-11(12(17)16-13(15-8)18-2)7-9-4-3-5-10(14)6-9/h3-6H,7H2,1-2H3,(H,15,16,17). The second kappa shape index (κ2) is 5.59. The van der Waals surface area contributed by atoms with Crippen molar-refractivity contribution in [3.05, 3.63) is 56.5 Å². The molecule has 1 aromatic carbocycles. The number of benzene rings is 1. The minimum Gasteiger partial charge on any atom is -0.301 e. The Labute approximate surface area is 115 Å². The number of H-pyrrole nitrogens is 1. The Balaban J connectivity index is 2.38. The normalized spacial score (nSPS) is 10.6. The topological polar surface area (TPSA) is 45.8 Å². The predicted octanol–water partition coefficient (Wildman–Crippen LogP) is 3.04. The molecule has 0 spiro atoms. The summed E-state index contributed by atoms with van der Waals surface area (Å²) in [5, 5.41) is 1.32. The summed E-state index contributed by atoms with van der Waals surface area (Å²) in [6, 6.07) is 7.51. The molecule has 0 bridgehead atoms. The van der Waals surface area contributed by atoms with Gasteiger partial charge in [0.05, 0.1) is 0 Å². The van der Waals surface area contributed by atoms with Crippen molar-refractivity contribution in [3.63, 3.8) is 0 Å². The zero-order valence-corrected chi connectivity index (χ0v) is 11.7. The summed E-state index contributed by atoms with van der Waals surface area (Å²) in [7, 11) is 0. The zero-order chi connectivity index (χ0) is 13.1. The van der Waals surface area contributed by atoms with Crippen molar-refractivity contribution >= 4 is 23.4 Å². The van der Waals surface area contributed by atoms with Crippen molar-refractivity contribution < 1.29 is 0 Å². The number of aromatic amines is 1. The average molecular weight is 281 g/mol. The fourth-order valence-corrected chi connectivity index (χ4v) is 2.38. The highest BCUT2D eigenvalue weighted by molar-refractivity contribution is 7.98. The fourth-order valence-electron chi connectivity index (χ4n) is 1.74. The maximum absolute atomic E-state index is 12.0. The number of aromatic nitrogens is 2. The summed E-state index contributed by atoms with van der Waals surface area (Å²) in [6.07, 6.45) is 2.43. The van der Waals surface area contributed by atoms with Crippen LogP contribution in [-0.2, 0) is 6.42 Å². The first-order valence-electron chi connectivity index (χ1n) is 5.48. The number of nitrogens with zero attached hydrogens (tertiary/aromatic N) is 1. The van der Waals surface area contributed by atoms with E-state index >= 15 is 0 Å². The van der Waals surface area contributed by atoms with Gasteiger partial charge in [-0.1, -0.05) is 35.5 Å². The van der Waals surface area contributed by atoms with Crippen molar-refractivity contribution in [3.8, 4) is 0 Å². The molecule has 94 valence electrons. The zero-order valence-electron chi connectivity index (χ0n) is 10.2. The monoisotopic (exact) mass is 280 g/mol. The minimum atomic E-state index is -0.0770. The third kappa shape index (κ3) is 2.94. The van der Waals surface area contributed by atoms with E-state index in [9.17, 15) is 4.79 Å². The second-order valence-corrected chi connectivity index (χ2v) is 5.18. The van der Waals surface area contributed by atoms with Crippen LogP contribution in [0.2, 0.25) is 5.02 Å². The molecule has 0 saturated heterocycles. The van der Waals surface area contributed by atoms with Crippen LogP contribution in [0.15, 0.2) is 34.2 Å². The number of rotatable bonds is 3. The van der Waals surface area contributed by atoms with Crippen molar-refractivity contribution in [1.29, 1.82) is 0 Å². The lowest BCUT2D eigenvalue weighted by atomic mass is 10.1. The Bertz CT molecular complexity index is 625. The van der Waals surface area contributed by atoms with Gasteiger partial charge in [-0.05, 0) is 30.9 Å². The largest absolute Gasteiger partial charge is 0.301 e. The number of halogens is 1. The van der Waals surface area contributed by atoms with Crippen LogP contribution >= 0.6 is 23.4 Å². The number of nitrogens with one attached hydrogen (secondary N) is 1. The van der Waals surface area contributed by atoms with Crippen LogP contribution < -0.4 is 5.56 Å². The fraction of sp³-hybridized carbons (Fsp3) is 0.231. The minimum absolute atomic E-state index is 0.0770. The molecule has 1 aromatic heterocycles. The summed E-state index contributed by atoms with van der Waals surface area (Å²) in [4.78, 5) is 19.1. The summed E-state index contributed by atoms with van der Waals surface area (Å²) < 4.78 is 0. The van der Waals surface area contributed by atoms with Gasteiger partial charge in [0.25, 0.3) is 5.56 Å². The highest BCUT2D eigenvalue weighted by atomic mass is 35.5. The molecular weight excluding hydrogens is 268 g/mol. The molecule has 0 atom stereocenters. The quantitative estimate of drug-likeness (QED) is 0.694. The van der Waals surface area contributed by atoms with Gasteiger partial charge >= 0.3 is 0 Å². The molecule has 2 rings (SSSR count). The molecule has 0 amide bonds.